The first-order chi connectivity index (χ1) is 11.5. The average Bonchev–Trinajstić information content (AvgIpc) is 3.08. The molecular weight excluding hydrogens is 306 g/mol. The van der Waals surface area contributed by atoms with Crippen LogP contribution < -0.4 is 5.32 Å². The third-order valence-electron chi connectivity index (χ3n) is 4.27. The summed E-state index contributed by atoms with van der Waals surface area (Å²) in [4.78, 5) is 22.5. The van der Waals surface area contributed by atoms with Crippen LogP contribution in [0.2, 0.25) is 0 Å². The highest BCUT2D eigenvalue weighted by Crippen LogP contribution is 2.19. The number of hydrogen-bond donors (Lipinski definition) is 1. The minimum atomic E-state index is 0.104. The summed E-state index contributed by atoms with van der Waals surface area (Å²) in [6.07, 6.45) is 1.70. The monoisotopic (exact) mass is 335 g/mol. The summed E-state index contributed by atoms with van der Waals surface area (Å²) in [6, 6.07) is 3.99. The van der Waals surface area contributed by atoms with E-state index in [1.807, 2.05) is 31.1 Å². The SMILES string of the molecule is CCNC(=NCC(c1ccco1)N(C)C)N1CCN(C(C)=O)CC1. The van der Waals surface area contributed by atoms with Gasteiger partial charge in [-0.15, -0.1) is 0 Å². The molecule has 0 saturated carbocycles. The molecule has 1 atom stereocenters. The van der Waals surface area contributed by atoms with E-state index in [-0.39, 0.29) is 11.9 Å². The summed E-state index contributed by atoms with van der Waals surface area (Å²) < 4.78 is 5.55. The predicted molar refractivity (Wildman–Crippen MR) is 94.9 cm³/mol. The zero-order valence-corrected chi connectivity index (χ0v) is 15.2. The minimum absolute atomic E-state index is 0.104. The third-order valence-corrected chi connectivity index (χ3v) is 4.27. The molecule has 1 fully saturated rings. The van der Waals surface area contributed by atoms with Crippen LogP contribution in [-0.4, -0.2) is 79.9 Å². The van der Waals surface area contributed by atoms with Crippen molar-refractivity contribution in [1.29, 1.82) is 0 Å². The average molecular weight is 335 g/mol. The van der Waals surface area contributed by atoms with E-state index in [0.717, 1.165) is 44.4 Å². The van der Waals surface area contributed by atoms with Crippen molar-refractivity contribution in [3.05, 3.63) is 24.2 Å². The van der Waals surface area contributed by atoms with Gasteiger partial charge in [-0.05, 0) is 33.2 Å². The zero-order valence-electron chi connectivity index (χ0n) is 15.2. The number of furan rings is 1. The van der Waals surface area contributed by atoms with Gasteiger partial charge in [-0.3, -0.25) is 14.7 Å². The summed E-state index contributed by atoms with van der Waals surface area (Å²) in [5.41, 5.74) is 0. The zero-order chi connectivity index (χ0) is 17.5. The van der Waals surface area contributed by atoms with E-state index in [9.17, 15) is 4.79 Å². The summed E-state index contributed by atoms with van der Waals surface area (Å²) in [7, 11) is 4.06. The van der Waals surface area contributed by atoms with Gasteiger partial charge in [0.25, 0.3) is 0 Å². The van der Waals surface area contributed by atoms with E-state index in [1.165, 1.54) is 0 Å². The van der Waals surface area contributed by atoms with E-state index in [0.29, 0.717) is 6.54 Å². The first-order valence-electron chi connectivity index (χ1n) is 8.51. The van der Waals surface area contributed by atoms with Gasteiger partial charge in [-0.2, -0.15) is 0 Å². The Balaban J connectivity index is 2.03. The molecule has 1 unspecified atom stereocenters. The van der Waals surface area contributed by atoms with Gasteiger partial charge in [0, 0.05) is 39.6 Å². The lowest BCUT2D eigenvalue weighted by Gasteiger charge is -2.36. The highest BCUT2D eigenvalue weighted by Gasteiger charge is 2.22. The highest BCUT2D eigenvalue weighted by molar-refractivity contribution is 5.80. The number of likely N-dealkylation sites (N-methyl/N-ethyl adjacent to an activating group) is 1. The van der Waals surface area contributed by atoms with E-state index in [1.54, 1.807) is 13.2 Å². The summed E-state index contributed by atoms with van der Waals surface area (Å²) in [5, 5.41) is 3.36. The normalized spacial score (nSPS) is 17.3. The molecule has 2 heterocycles. The van der Waals surface area contributed by atoms with Crippen molar-refractivity contribution in [2.45, 2.75) is 19.9 Å². The molecule has 0 aromatic carbocycles. The Morgan fingerprint density at radius 3 is 2.50 bits per heavy atom. The smallest absolute Gasteiger partial charge is 0.219 e. The van der Waals surface area contributed by atoms with Gasteiger partial charge < -0.3 is 19.5 Å². The maximum Gasteiger partial charge on any atom is 0.219 e. The van der Waals surface area contributed by atoms with Crippen LogP contribution in [0.25, 0.3) is 0 Å². The van der Waals surface area contributed by atoms with Crippen molar-refractivity contribution in [3.63, 3.8) is 0 Å². The van der Waals surface area contributed by atoms with Crippen LogP contribution in [0.5, 0.6) is 0 Å². The third kappa shape index (κ3) is 4.74. The number of nitrogens with zero attached hydrogens (tertiary/aromatic N) is 4. The predicted octanol–water partition coefficient (Wildman–Crippen LogP) is 1.01. The van der Waals surface area contributed by atoms with Crippen molar-refractivity contribution in [2.24, 2.45) is 4.99 Å². The standard InChI is InChI=1S/C17H29N5O2/c1-5-18-17(22-10-8-21(9-11-22)14(2)23)19-13-15(20(3)4)16-7-6-12-24-16/h6-7,12,15H,5,8-11,13H2,1-4H3,(H,18,19). The lowest BCUT2D eigenvalue weighted by Crippen LogP contribution is -2.53. The molecule has 7 nitrogen and oxygen atoms in total. The Labute approximate surface area is 144 Å². The van der Waals surface area contributed by atoms with Gasteiger partial charge in [0.2, 0.25) is 5.91 Å². The second kappa shape index (κ2) is 8.73. The second-order valence-corrected chi connectivity index (χ2v) is 6.18. The minimum Gasteiger partial charge on any atom is -0.468 e. The quantitative estimate of drug-likeness (QED) is 0.643. The fourth-order valence-electron chi connectivity index (χ4n) is 2.82. The molecule has 1 saturated heterocycles. The molecule has 0 aliphatic carbocycles. The highest BCUT2D eigenvalue weighted by atomic mass is 16.3. The van der Waals surface area contributed by atoms with Gasteiger partial charge in [-0.1, -0.05) is 0 Å². The van der Waals surface area contributed by atoms with Crippen molar-refractivity contribution in [1.82, 2.24) is 20.0 Å². The Bertz CT molecular complexity index is 533. The molecular formula is C17H29N5O2. The number of piperazine rings is 1. The number of guanidine groups is 1. The molecule has 1 aliphatic rings. The Hall–Kier alpha value is -2.02. The first kappa shape index (κ1) is 18.3. The Kier molecular flexibility index (Phi) is 6.66. The van der Waals surface area contributed by atoms with Crippen LogP contribution in [0.1, 0.15) is 25.6 Å². The molecule has 1 N–H and O–H groups in total. The summed E-state index contributed by atoms with van der Waals surface area (Å²) in [6.45, 7) is 8.23. The number of nitrogens with one attached hydrogen (secondary N) is 1. The van der Waals surface area contributed by atoms with Gasteiger partial charge in [0.1, 0.15) is 5.76 Å². The lowest BCUT2D eigenvalue weighted by molar-refractivity contribution is -0.130. The number of aliphatic imine (C=N–C) groups is 1. The van der Waals surface area contributed by atoms with E-state index >= 15 is 0 Å². The molecule has 1 amide bonds. The van der Waals surface area contributed by atoms with Gasteiger partial charge in [0.05, 0.1) is 18.8 Å². The van der Waals surface area contributed by atoms with Crippen LogP contribution in [0.15, 0.2) is 27.8 Å². The number of carbonyl (C=O) groups excluding carboxylic acids is 1. The van der Waals surface area contributed by atoms with Crippen LogP contribution in [0.3, 0.4) is 0 Å². The van der Waals surface area contributed by atoms with Gasteiger partial charge in [0.15, 0.2) is 5.96 Å². The summed E-state index contributed by atoms with van der Waals surface area (Å²) >= 11 is 0. The van der Waals surface area contributed by atoms with Crippen LogP contribution in [-0.2, 0) is 4.79 Å². The molecule has 2 rings (SSSR count). The maximum atomic E-state index is 11.5. The fourth-order valence-corrected chi connectivity index (χ4v) is 2.82. The Morgan fingerprint density at radius 1 is 1.33 bits per heavy atom. The van der Waals surface area contributed by atoms with E-state index in [2.05, 4.69) is 22.0 Å². The van der Waals surface area contributed by atoms with Gasteiger partial charge >= 0.3 is 0 Å². The molecule has 1 aliphatic heterocycles. The Morgan fingerprint density at radius 2 is 2.00 bits per heavy atom. The van der Waals surface area contributed by atoms with Crippen molar-refractivity contribution in [3.8, 4) is 0 Å². The van der Waals surface area contributed by atoms with Crippen molar-refractivity contribution < 1.29 is 9.21 Å². The van der Waals surface area contributed by atoms with Crippen LogP contribution in [0.4, 0.5) is 0 Å². The van der Waals surface area contributed by atoms with Crippen LogP contribution in [0, 0.1) is 0 Å². The molecule has 0 spiro atoms. The fraction of sp³-hybridized carbons (Fsp3) is 0.647. The van der Waals surface area contributed by atoms with Crippen molar-refractivity contribution >= 4 is 11.9 Å². The molecule has 24 heavy (non-hydrogen) atoms. The lowest BCUT2D eigenvalue weighted by atomic mass is 10.2. The molecule has 1 aromatic heterocycles. The molecule has 0 radical (unpaired) electrons. The number of rotatable bonds is 5. The molecule has 7 heteroatoms. The van der Waals surface area contributed by atoms with Crippen molar-refractivity contribution in [2.75, 3.05) is 53.4 Å². The first-order valence-corrected chi connectivity index (χ1v) is 8.51. The van der Waals surface area contributed by atoms with E-state index in [4.69, 9.17) is 9.41 Å². The van der Waals surface area contributed by atoms with Crippen LogP contribution >= 0.6 is 0 Å². The molecule has 0 bridgehead atoms. The largest absolute Gasteiger partial charge is 0.468 e. The number of amides is 1. The van der Waals surface area contributed by atoms with E-state index < -0.39 is 0 Å². The number of carbonyl (C=O) groups is 1. The molecule has 134 valence electrons. The topological polar surface area (TPSA) is 64.3 Å². The molecule has 1 aromatic rings. The summed E-state index contributed by atoms with van der Waals surface area (Å²) in [5.74, 6) is 1.96. The maximum absolute atomic E-state index is 11.5. The van der Waals surface area contributed by atoms with Gasteiger partial charge in [-0.25, -0.2) is 0 Å². The second-order valence-electron chi connectivity index (χ2n) is 6.18. The number of hydrogen-bond acceptors (Lipinski definition) is 4.